The van der Waals surface area contributed by atoms with Crippen molar-refractivity contribution in [2.24, 2.45) is 12.8 Å². The topological polar surface area (TPSA) is 72.9 Å². The van der Waals surface area contributed by atoms with E-state index < -0.39 is 5.54 Å². The Balaban J connectivity index is 1.94. The van der Waals surface area contributed by atoms with E-state index in [0.29, 0.717) is 6.54 Å². The van der Waals surface area contributed by atoms with Gasteiger partial charge in [0.15, 0.2) is 0 Å². The Labute approximate surface area is 101 Å². The van der Waals surface area contributed by atoms with Crippen molar-refractivity contribution in [3.05, 3.63) is 17.5 Å². The fourth-order valence-corrected chi connectivity index (χ4v) is 2.30. The SMILES string of the molecule is Cc1c(CNC(=O)C2(N)CCCC2)cnn1C. The fourth-order valence-electron chi connectivity index (χ4n) is 2.30. The van der Waals surface area contributed by atoms with Crippen molar-refractivity contribution in [1.82, 2.24) is 15.1 Å². The molecule has 17 heavy (non-hydrogen) atoms. The third-order valence-corrected chi connectivity index (χ3v) is 3.72. The van der Waals surface area contributed by atoms with Gasteiger partial charge in [-0.3, -0.25) is 9.48 Å². The highest BCUT2D eigenvalue weighted by Crippen LogP contribution is 2.27. The normalized spacial score (nSPS) is 18.3. The highest BCUT2D eigenvalue weighted by Gasteiger charge is 2.36. The Hall–Kier alpha value is -1.36. The van der Waals surface area contributed by atoms with Gasteiger partial charge in [-0.1, -0.05) is 12.8 Å². The number of rotatable bonds is 3. The Kier molecular flexibility index (Phi) is 3.19. The Bertz CT molecular complexity index is 418. The van der Waals surface area contributed by atoms with Crippen LogP contribution in [0.5, 0.6) is 0 Å². The average molecular weight is 236 g/mol. The fraction of sp³-hybridized carbons (Fsp3) is 0.667. The van der Waals surface area contributed by atoms with Crippen LogP contribution in [0.4, 0.5) is 0 Å². The lowest BCUT2D eigenvalue weighted by molar-refractivity contribution is -0.126. The van der Waals surface area contributed by atoms with Gasteiger partial charge in [0.1, 0.15) is 0 Å². The molecule has 1 saturated carbocycles. The number of aryl methyl sites for hydroxylation is 1. The van der Waals surface area contributed by atoms with Gasteiger partial charge in [0.2, 0.25) is 5.91 Å². The first-order chi connectivity index (χ1) is 8.03. The lowest BCUT2D eigenvalue weighted by Crippen LogP contribution is -2.51. The van der Waals surface area contributed by atoms with E-state index >= 15 is 0 Å². The van der Waals surface area contributed by atoms with E-state index in [9.17, 15) is 4.79 Å². The Morgan fingerprint density at radius 2 is 2.24 bits per heavy atom. The minimum atomic E-state index is -0.643. The zero-order chi connectivity index (χ0) is 12.5. The van der Waals surface area contributed by atoms with Crippen LogP contribution in [0, 0.1) is 6.92 Å². The van der Waals surface area contributed by atoms with Gasteiger partial charge in [-0.2, -0.15) is 5.10 Å². The van der Waals surface area contributed by atoms with Gasteiger partial charge < -0.3 is 11.1 Å². The van der Waals surface area contributed by atoms with Gasteiger partial charge in [0.25, 0.3) is 0 Å². The molecule has 1 fully saturated rings. The Morgan fingerprint density at radius 1 is 1.59 bits per heavy atom. The maximum Gasteiger partial charge on any atom is 0.240 e. The van der Waals surface area contributed by atoms with Gasteiger partial charge >= 0.3 is 0 Å². The van der Waals surface area contributed by atoms with Crippen LogP contribution in [0.3, 0.4) is 0 Å². The molecule has 1 aromatic heterocycles. The molecule has 94 valence electrons. The maximum absolute atomic E-state index is 12.0. The smallest absolute Gasteiger partial charge is 0.240 e. The molecule has 0 aromatic carbocycles. The molecule has 0 unspecified atom stereocenters. The van der Waals surface area contributed by atoms with Crippen LogP contribution in [0.1, 0.15) is 36.9 Å². The third-order valence-electron chi connectivity index (χ3n) is 3.72. The van der Waals surface area contributed by atoms with Crippen molar-refractivity contribution in [1.29, 1.82) is 0 Å². The number of carbonyl (C=O) groups excluding carboxylic acids is 1. The Morgan fingerprint density at radius 3 is 2.76 bits per heavy atom. The molecule has 1 amide bonds. The second kappa shape index (κ2) is 4.49. The number of hydrogen-bond acceptors (Lipinski definition) is 3. The number of nitrogens with one attached hydrogen (secondary N) is 1. The molecule has 0 saturated heterocycles. The molecule has 5 heteroatoms. The van der Waals surface area contributed by atoms with Gasteiger partial charge in [-0.05, 0) is 19.8 Å². The summed E-state index contributed by atoms with van der Waals surface area (Å²) in [6.45, 7) is 2.50. The standard InChI is InChI=1S/C12H20N4O/c1-9-10(8-15-16(9)2)7-14-11(17)12(13)5-3-4-6-12/h8H,3-7,13H2,1-2H3,(H,14,17). The lowest BCUT2D eigenvalue weighted by atomic mass is 9.98. The summed E-state index contributed by atoms with van der Waals surface area (Å²) in [5.74, 6) is -0.0294. The van der Waals surface area contributed by atoms with E-state index in [4.69, 9.17) is 5.73 Å². The summed E-state index contributed by atoms with van der Waals surface area (Å²) in [6, 6.07) is 0. The van der Waals surface area contributed by atoms with E-state index in [1.165, 1.54) is 0 Å². The van der Waals surface area contributed by atoms with Crippen LogP contribution >= 0.6 is 0 Å². The minimum absolute atomic E-state index is 0.0294. The first-order valence-electron chi connectivity index (χ1n) is 6.07. The molecule has 1 aliphatic carbocycles. The zero-order valence-electron chi connectivity index (χ0n) is 10.5. The molecule has 0 aliphatic heterocycles. The zero-order valence-corrected chi connectivity index (χ0v) is 10.5. The number of carbonyl (C=O) groups is 1. The van der Waals surface area contributed by atoms with Crippen LogP contribution in [0.2, 0.25) is 0 Å². The first-order valence-corrected chi connectivity index (χ1v) is 6.07. The molecule has 1 aromatic rings. The van der Waals surface area contributed by atoms with Gasteiger partial charge in [-0.15, -0.1) is 0 Å². The summed E-state index contributed by atoms with van der Waals surface area (Å²) in [4.78, 5) is 12.0. The summed E-state index contributed by atoms with van der Waals surface area (Å²) in [5, 5.41) is 7.06. The average Bonchev–Trinajstić information content (AvgIpc) is 2.87. The maximum atomic E-state index is 12.0. The summed E-state index contributed by atoms with van der Waals surface area (Å²) in [7, 11) is 1.89. The predicted molar refractivity (Wildman–Crippen MR) is 65.2 cm³/mol. The van der Waals surface area contributed by atoms with Crippen LogP contribution in [-0.4, -0.2) is 21.2 Å². The molecule has 0 atom stereocenters. The molecular weight excluding hydrogens is 216 g/mol. The molecule has 1 aliphatic rings. The summed E-state index contributed by atoms with van der Waals surface area (Å²) >= 11 is 0. The highest BCUT2D eigenvalue weighted by molar-refractivity contribution is 5.86. The van der Waals surface area contributed by atoms with Gasteiger partial charge in [-0.25, -0.2) is 0 Å². The van der Waals surface area contributed by atoms with Gasteiger partial charge in [0, 0.05) is 24.8 Å². The molecule has 1 heterocycles. The van der Waals surface area contributed by atoms with Crippen molar-refractivity contribution < 1.29 is 4.79 Å². The number of hydrogen-bond donors (Lipinski definition) is 2. The molecule has 2 rings (SSSR count). The number of amides is 1. The van der Waals surface area contributed by atoms with Crippen LogP contribution < -0.4 is 11.1 Å². The van der Waals surface area contributed by atoms with E-state index in [1.54, 1.807) is 10.9 Å². The number of nitrogens with two attached hydrogens (primary N) is 1. The first kappa shape index (κ1) is 12.1. The highest BCUT2D eigenvalue weighted by atomic mass is 16.2. The molecular formula is C12H20N4O. The van der Waals surface area contributed by atoms with Crippen LogP contribution in [0.15, 0.2) is 6.20 Å². The monoisotopic (exact) mass is 236 g/mol. The third kappa shape index (κ3) is 2.34. The molecule has 3 N–H and O–H groups in total. The van der Waals surface area contributed by atoms with Crippen LogP contribution in [-0.2, 0) is 18.4 Å². The van der Waals surface area contributed by atoms with Crippen LogP contribution in [0.25, 0.3) is 0 Å². The second-order valence-electron chi connectivity index (χ2n) is 4.92. The van der Waals surface area contributed by atoms with Crippen molar-refractivity contribution in [2.75, 3.05) is 0 Å². The lowest BCUT2D eigenvalue weighted by Gasteiger charge is -2.22. The summed E-state index contributed by atoms with van der Waals surface area (Å²) in [5.41, 5.74) is 7.55. The molecule has 0 bridgehead atoms. The summed E-state index contributed by atoms with van der Waals surface area (Å²) in [6.07, 6.45) is 5.48. The van der Waals surface area contributed by atoms with E-state index in [2.05, 4.69) is 10.4 Å². The van der Waals surface area contributed by atoms with Crippen molar-refractivity contribution in [3.8, 4) is 0 Å². The summed E-state index contributed by atoms with van der Waals surface area (Å²) < 4.78 is 1.80. The molecule has 0 spiro atoms. The largest absolute Gasteiger partial charge is 0.350 e. The predicted octanol–water partition coefficient (Wildman–Crippen LogP) is 0.616. The molecule has 5 nitrogen and oxygen atoms in total. The van der Waals surface area contributed by atoms with Crippen molar-refractivity contribution in [3.63, 3.8) is 0 Å². The number of nitrogens with zero attached hydrogens (tertiary/aromatic N) is 2. The number of aromatic nitrogens is 2. The second-order valence-corrected chi connectivity index (χ2v) is 4.92. The van der Waals surface area contributed by atoms with E-state index in [1.807, 2.05) is 14.0 Å². The van der Waals surface area contributed by atoms with Gasteiger partial charge in [0.05, 0.1) is 11.7 Å². The van der Waals surface area contributed by atoms with E-state index in [0.717, 1.165) is 36.9 Å². The van der Waals surface area contributed by atoms with Crippen molar-refractivity contribution in [2.45, 2.75) is 44.7 Å². The minimum Gasteiger partial charge on any atom is -0.350 e. The molecule has 0 radical (unpaired) electrons. The van der Waals surface area contributed by atoms with E-state index in [-0.39, 0.29) is 5.91 Å². The quantitative estimate of drug-likeness (QED) is 0.808. The van der Waals surface area contributed by atoms with Crippen molar-refractivity contribution >= 4 is 5.91 Å².